The molecular weight excluding hydrogens is 239 g/mol. The Morgan fingerprint density at radius 2 is 1.74 bits per heavy atom. The second-order valence-corrected chi connectivity index (χ2v) is 5.11. The third-order valence-corrected chi connectivity index (χ3v) is 3.47. The van der Waals surface area contributed by atoms with Crippen molar-refractivity contribution in [3.63, 3.8) is 0 Å². The number of halogens is 1. The van der Waals surface area contributed by atoms with Crippen LogP contribution in [-0.4, -0.2) is 5.78 Å². The Hall–Kier alpha value is -1.18. The molecule has 0 spiro atoms. The van der Waals surface area contributed by atoms with Crippen LogP contribution in [-0.2, 0) is 6.42 Å². The molecule has 0 aliphatic carbocycles. The molecule has 0 aliphatic rings. The molecule has 0 N–H and O–H groups in total. The fourth-order valence-corrected chi connectivity index (χ4v) is 2.24. The second-order valence-electron chi connectivity index (χ2n) is 5.11. The van der Waals surface area contributed by atoms with Gasteiger partial charge in [-0.25, -0.2) is 4.39 Å². The zero-order valence-corrected chi connectivity index (χ0v) is 12.2. The summed E-state index contributed by atoms with van der Waals surface area (Å²) < 4.78 is 13.7. The molecule has 0 bridgehead atoms. The molecule has 106 valence electrons. The van der Waals surface area contributed by atoms with Crippen molar-refractivity contribution in [3.05, 3.63) is 35.1 Å². The number of carbonyl (C=O) groups excluding carboxylic acids is 1. The number of ketones is 1. The Balaban J connectivity index is 2.39. The maximum absolute atomic E-state index is 13.7. The van der Waals surface area contributed by atoms with Gasteiger partial charge in [0.2, 0.25) is 0 Å². The highest BCUT2D eigenvalue weighted by atomic mass is 19.1. The highest BCUT2D eigenvalue weighted by Crippen LogP contribution is 2.15. The third kappa shape index (κ3) is 5.54. The van der Waals surface area contributed by atoms with Crippen molar-refractivity contribution in [2.24, 2.45) is 0 Å². The van der Waals surface area contributed by atoms with E-state index in [1.54, 1.807) is 13.0 Å². The molecule has 1 rings (SSSR count). The van der Waals surface area contributed by atoms with Crippen LogP contribution in [0.25, 0.3) is 0 Å². The maximum atomic E-state index is 13.7. The standard InChI is InChI=1S/C17H25FO/c1-3-5-6-7-8-9-10-14-11-12-15(16(18)13-14)17(19)4-2/h11-13H,3-10H2,1-2H3. The Labute approximate surface area is 116 Å². The van der Waals surface area contributed by atoms with E-state index in [1.807, 2.05) is 6.07 Å². The van der Waals surface area contributed by atoms with E-state index in [4.69, 9.17) is 0 Å². The van der Waals surface area contributed by atoms with Gasteiger partial charge in [0.15, 0.2) is 5.78 Å². The van der Waals surface area contributed by atoms with Crippen LogP contribution in [0.1, 0.15) is 74.7 Å². The smallest absolute Gasteiger partial charge is 0.165 e. The van der Waals surface area contributed by atoms with Crippen molar-refractivity contribution in [2.75, 3.05) is 0 Å². The van der Waals surface area contributed by atoms with Gasteiger partial charge in [0.25, 0.3) is 0 Å². The SMILES string of the molecule is CCCCCCCCc1ccc(C(=O)CC)c(F)c1. The molecule has 1 aromatic rings. The molecule has 0 aliphatic heterocycles. The average Bonchev–Trinajstić information content (AvgIpc) is 2.42. The predicted octanol–water partition coefficient (Wildman–Crippen LogP) is 5.32. The van der Waals surface area contributed by atoms with Gasteiger partial charge < -0.3 is 0 Å². The Morgan fingerprint density at radius 1 is 1.05 bits per heavy atom. The molecule has 0 saturated heterocycles. The lowest BCUT2D eigenvalue weighted by Gasteiger charge is -2.05. The molecule has 0 atom stereocenters. The zero-order chi connectivity index (χ0) is 14.1. The Bertz CT molecular complexity index is 398. The summed E-state index contributed by atoms with van der Waals surface area (Å²) in [5.41, 5.74) is 1.23. The van der Waals surface area contributed by atoms with Crippen LogP contribution in [0.3, 0.4) is 0 Å². The van der Waals surface area contributed by atoms with E-state index in [1.165, 1.54) is 38.2 Å². The number of rotatable bonds is 9. The zero-order valence-electron chi connectivity index (χ0n) is 12.2. The van der Waals surface area contributed by atoms with E-state index in [-0.39, 0.29) is 17.2 Å². The summed E-state index contributed by atoms with van der Waals surface area (Å²) in [5, 5.41) is 0. The van der Waals surface area contributed by atoms with Crippen LogP contribution < -0.4 is 0 Å². The van der Waals surface area contributed by atoms with Gasteiger partial charge in [0, 0.05) is 6.42 Å². The maximum Gasteiger partial charge on any atom is 0.165 e. The van der Waals surface area contributed by atoms with E-state index >= 15 is 0 Å². The topological polar surface area (TPSA) is 17.1 Å². The monoisotopic (exact) mass is 264 g/mol. The van der Waals surface area contributed by atoms with Crippen molar-refractivity contribution in [1.29, 1.82) is 0 Å². The highest BCUT2D eigenvalue weighted by molar-refractivity contribution is 5.96. The molecule has 19 heavy (non-hydrogen) atoms. The molecule has 2 heteroatoms. The Kier molecular flexibility index (Phi) is 7.39. The van der Waals surface area contributed by atoms with E-state index in [0.717, 1.165) is 18.4 Å². The molecule has 0 fully saturated rings. The van der Waals surface area contributed by atoms with E-state index in [0.29, 0.717) is 6.42 Å². The summed E-state index contributed by atoms with van der Waals surface area (Å²) in [7, 11) is 0. The number of Topliss-reactive ketones (excluding diaryl/α,β-unsaturated/α-hetero) is 1. The van der Waals surface area contributed by atoms with Crippen LogP contribution in [0.5, 0.6) is 0 Å². The van der Waals surface area contributed by atoms with Crippen molar-refractivity contribution in [1.82, 2.24) is 0 Å². The van der Waals surface area contributed by atoms with Gasteiger partial charge in [-0.15, -0.1) is 0 Å². The largest absolute Gasteiger partial charge is 0.294 e. The molecule has 0 aromatic heterocycles. The first-order valence-corrected chi connectivity index (χ1v) is 7.50. The highest BCUT2D eigenvalue weighted by Gasteiger charge is 2.09. The van der Waals surface area contributed by atoms with E-state index < -0.39 is 0 Å². The Morgan fingerprint density at radius 3 is 2.37 bits per heavy atom. The first kappa shape index (κ1) is 15.9. The summed E-state index contributed by atoms with van der Waals surface area (Å²) in [4.78, 5) is 11.5. The van der Waals surface area contributed by atoms with Crippen LogP contribution in [0, 0.1) is 5.82 Å². The number of hydrogen-bond donors (Lipinski definition) is 0. The van der Waals surface area contributed by atoms with Gasteiger partial charge in [0.1, 0.15) is 5.82 Å². The lowest BCUT2D eigenvalue weighted by molar-refractivity contribution is 0.0984. The van der Waals surface area contributed by atoms with Crippen LogP contribution in [0.15, 0.2) is 18.2 Å². The summed E-state index contributed by atoms with van der Waals surface area (Å²) >= 11 is 0. The molecule has 1 nitrogen and oxygen atoms in total. The third-order valence-electron chi connectivity index (χ3n) is 3.47. The molecule has 0 heterocycles. The van der Waals surface area contributed by atoms with Gasteiger partial charge in [-0.1, -0.05) is 52.0 Å². The van der Waals surface area contributed by atoms with Crippen molar-refractivity contribution < 1.29 is 9.18 Å². The summed E-state index contributed by atoms with van der Waals surface area (Å²) in [6.07, 6.45) is 8.71. The lowest BCUT2D eigenvalue weighted by atomic mass is 10.0. The van der Waals surface area contributed by atoms with Gasteiger partial charge >= 0.3 is 0 Å². The van der Waals surface area contributed by atoms with E-state index in [9.17, 15) is 9.18 Å². The quantitative estimate of drug-likeness (QED) is 0.435. The van der Waals surface area contributed by atoms with E-state index in [2.05, 4.69) is 6.92 Å². The first-order chi connectivity index (χ1) is 9.19. The number of benzene rings is 1. The average molecular weight is 264 g/mol. The molecule has 0 unspecified atom stereocenters. The van der Waals surface area contributed by atoms with Crippen LogP contribution >= 0.6 is 0 Å². The van der Waals surface area contributed by atoms with Crippen LogP contribution in [0.2, 0.25) is 0 Å². The number of hydrogen-bond acceptors (Lipinski definition) is 1. The predicted molar refractivity (Wildman–Crippen MR) is 78.1 cm³/mol. The van der Waals surface area contributed by atoms with Crippen LogP contribution in [0.4, 0.5) is 4.39 Å². The van der Waals surface area contributed by atoms with Crippen molar-refractivity contribution in [3.8, 4) is 0 Å². The molecule has 0 saturated carbocycles. The fourth-order valence-electron chi connectivity index (χ4n) is 2.24. The van der Waals surface area contributed by atoms with Gasteiger partial charge in [0.05, 0.1) is 5.56 Å². The lowest BCUT2D eigenvalue weighted by Crippen LogP contribution is -2.01. The minimum atomic E-state index is -0.365. The molecular formula is C17H25FO. The minimum Gasteiger partial charge on any atom is -0.294 e. The number of carbonyl (C=O) groups is 1. The molecule has 0 radical (unpaired) electrons. The van der Waals surface area contributed by atoms with Gasteiger partial charge in [-0.3, -0.25) is 4.79 Å². The molecule has 0 amide bonds. The number of aryl methyl sites for hydroxylation is 1. The summed E-state index contributed by atoms with van der Waals surface area (Å²) in [5.74, 6) is -0.487. The number of unbranched alkanes of at least 4 members (excludes halogenated alkanes) is 5. The second kappa shape index (κ2) is 8.84. The summed E-state index contributed by atoms with van der Waals surface area (Å²) in [6.45, 7) is 3.97. The van der Waals surface area contributed by atoms with Gasteiger partial charge in [-0.05, 0) is 30.5 Å². The fraction of sp³-hybridized carbons (Fsp3) is 0.588. The minimum absolute atomic E-state index is 0.122. The van der Waals surface area contributed by atoms with Crippen molar-refractivity contribution >= 4 is 5.78 Å². The summed E-state index contributed by atoms with van der Waals surface area (Å²) in [6, 6.07) is 5.04. The molecule has 1 aromatic carbocycles. The van der Waals surface area contributed by atoms with Gasteiger partial charge in [-0.2, -0.15) is 0 Å². The first-order valence-electron chi connectivity index (χ1n) is 7.50. The normalized spacial score (nSPS) is 10.7. The van der Waals surface area contributed by atoms with Crippen molar-refractivity contribution in [2.45, 2.75) is 65.2 Å².